The van der Waals surface area contributed by atoms with Gasteiger partial charge in [0.2, 0.25) is 0 Å². The lowest BCUT2D eigenvalue weighted by atomic mass is 9.95. The van der Waals surface area contributed by atoms with Gasteiger partial charge < -0.3 is 9.32 Å². The third-order valence-electron chi connectivity index (χ3n) is 12.7. The van der Waals surface area contributed by atoms with Crippen LogP contribution in [0.2, 0.25) is 0 Å². The summed E-state index contributed by atoms with van der Waals surface area (Å²) in [4.78, 5) is 2.38. The SMILES string of the molecule is c1cc(-c2ccc(N(c3ccc(-c4ccc(-c5cccc6ccccc56)cc4)cc3)c3ccccc3-c3cccc4c3oc3ccccc34)cc2)cc(-c2cccc3ccccc23)c1. The van der Waals surface area contributed by atoms with Crippen LogP contribution in [0, 0.1) is 0 Å². The van der Waals surface area contributed by atoms with Crippen LogP contribution in [0.1, 0.15) is 0 Å². The fraction of sp³-hybridized carbons (Fsp3) is 0. The van der Waals surface area contributed by atoms with Crippen molar-refractivity contribution in [3.05, 3.63) is 249 Å². The van der Waals surface area contributed by atoms with Crippen LogP contribution in [-0.2, 0) is 0 Å². The Balaban J connectivity index is 0.943. The molecule has 12 rings (SSSR count). The van der Waals surface area contributed by atoms with Crippen molar-refractivity contribution in [1.82, 2.24) is 0 Å². The molecule has 1 heterocycles. The number of nitrogens with zero attached hydrogens (tertiary/aromatic N) is 1. The van der Waals surface area contributed by atoms with Gasteiger partial charge in [-0.05, 0) is 109 Å². The number of fused-ring (bicyclic) bond motifs is 5. The Labute approximate surface area is 372 Å². The minimum absolute atomic E-state index is 0.889. The Bertz CT molecular complexity index is 3640. The molecule has 0 atom stereocenters. The molecule has 300 valence electrons. The maximum absolute atomic E-state index is 6.62. The van der Waals surface area contributed by atoms with Crippen molar-refractivity contribution in [2.24, 2.45) is 0 Å². The van der Waals surface area contributed by atoms with E-state index in [1.54, 1.807) is 0 Å². The van der Waals surface area contributed by atoms with E-state index in [1.807, 2.05) is 6.07 Å². The summed E-state index contributed by atoms with van der Waals surface area (Å²) in [6.45, 7) is 0. The van der Waals surface area contributed by atoms with Gasteiger partial charge in [0.1, 0.15) is 11.2 Å². The third kappa shape index (κ3) is 6.61. The lowest BCUT2D eigenvalue weighted by Gasteiger charge is -2.28. The van der Waals surface area contributed by atoms with Crippen LogP contribution in [0.5, 0.6) is 0 Å². The summed E-state index contributed by atoms with van der Waals surface area (Å²) in [6, 6.07) is 89.6. The molecule has 0 saturated carbocycles. The summed E-state index contributed by atoms with van der Waals surface area (Å²) in [7, 11) is 0. The van der Waals surface area contributed by atoms with Gasteiger partial charge in [-0.25, -0.2) is 0 Å². The van der Waals surface area contributed by atoms with Crippen LogP contribution >= 0.6 is 0 Å². The van der Waals surface area contributed by atoms with Gasteiger partial charge >= 0.3 is 0 Å². The molecular weight excluding hydrogens is 775 g/mol. The highest BCUT2D eigenvalue weighted by Gasteiger charge is 2.21. The van der Waals surface area contributed by atoms with Crippen LogP contribution in [0.25, 0.3) is 99.1 Å². The zero-order chi connectivity index (χ0) is 42.4. The summed E-state index contributed by atoms with van der Waals surface area (Å²) >= 11 is 0. The fourth-order valence-corrected chi connectivity index (χ4v) is 9.55. The Kier molecular flexibility index (Phi) is 9.20. The van der Waals surface area contributed by atoms with Crippen molar-refractivity contribution in [2.45, 2.75) is 0 Å². The Morgan fingerprint density at radius 2 is 0.703 bits per heavy atom. The second kappa shape index (κ2) is 15.8. The predicted molar refractivity (Wildman–Crippen MR) is 271 cm³/mol. The van der Waals surface area contributed by atoms with E-state index < -0.39 is 0 Å². The monoisotopic (exact) mass is 815 g/mol. The second-order valence-corrected chi connectivity index (χ2v) is 16.4. The number of furan rings is 1. The van der Waals surface area contributed by atoms with E-state index in [4.69, 9.17) is 4.42 Å². The highest BCUT2D eigenvalue weighted by molar-refractivity contribution is 6.11. The third-order valence-corrected chi connectivity index (χ3v) is 12.7. The van der Waals surface area contributed by atoms with E-state index in [0.29, 0.717) is 0 Å². The topological polar surface area (TPSA) is 16.4 Å². The second-order valence-electron chi connectivity index (χ2n) is 16.4. The van der Waals surface area contributed by atoms with Gasteiger partial charge in [-0.3, -0.25) is 0 Å². The minimum atomic E-state index is 0.889. The van der Waals surface area contributed by atoms with Gasteiger partial charge in [-0.15, -0.1) is 0 Å². The summed E-state index contributed by atoms with van der Waals surface area (Å²) in [5.41, 5.74) is 16.7. The van der Waals surface area contributed by atoms with Gasteiger partial charge in [0.15, 0.2) is 0 Å². The number of benzene rings is 11. The quantitative estimate of drug-likeness (QED) is 0.152. The molecule has 0 aliphatic heterocycles. The van der Waals surface area contributed by atoms with E-state index in [9.17, 15) is 0 Å². The number of para-hydroxylation sites is 3. The molecule has 2 nitrogen and oxygen atoms in total. The minimum Gasteiger partial charge on any atom is -0.455 e. The molecule has 0 bridgehead atoms. The van der Waals surface area contributed by atoms with Crippen LogP contribution in [0.3, 0.4) is 0 Å². The first-order chi connectivity index (χ1) is 31.7. The summed E-state index contributed by atoms with van der Waals surface area (Å²) in [5, 5.41) is 7.25. The molecule has 0 aliphatic carbocycles. The van der Waals surface area contributed by atoms with Crippen LogP contribution in [-0.4, -0.2) is 0 Å². The van der Waals surface area contributed by atoms with Gasteiger partial charge in [-0.1, -0.05) is 206 Å². The van der Waals surface area contributed by atoms with Crippen LogP contribution in [0.4, 0.5) is 17.1 Å². The first-order valence-electron chi connectivity index (χ1n) is 21.9. The van der Waals surface area contributed by atoms with Gasteiger partial charge in [0, 0.05) is 33.3 Å². The maximum atomic E-state index is 6.62. The summed E-state index contributed by atoms with van der Waals surface area (Å²) < 4.78 is 6.62. The van der Waals surface area contributed by atoms with Crippen LogP contribution < -0.4 is 4.90 Å². The standard InChI is InChI=1S/C62H41NO/c1-3-19-52-45(13-1)15-10-23-54(52)47-31-29-42(30-32-47)43-33-37-50(38-34-43)63(60-27-7-5-21-56(60)58-25-12-26-59-57-22-6-8-28-61(57)64-62(58)59)51-39-35-44(36-40-51)48-17-9-18-49(41-48)55-24-11-16-46-14-2-4-20-53(46)55/h1-41H. The van der Waals surface area contributed by atoms with Gasteiger partial charge in [0.05, 0.1) is 5.69 Å². The Hall–Kier alpha value is -8.46. The van der Waals surface area contributed by atoms with E-state index in [1.165, 1.54) is 54.9 Å². The molecule has 0 saturated heterocycles. The van der Waals surface area contributed by atoms with Crippen molar-refractivity contribution in [3.63, 3.8) is 0 Å². The molecule has 2 heteroatoms. The molecule has 1 aromatic heterocycles. The molecule has 11 aromatic carbocycles. The molecule has 0 amide bonds. The molecule has 0 unspecified atom stereocenters. The summed E-state index contributed by atoms with van der Waals surface area (Å²) in [5.74, 6) is 0. The van der Waals surface area contributed by atoms with Crippen molar-refractivity contribution >= 4 is 60.5 Å². The largest absolute Gasteiger partial charge is 0.455 e. The first kappa shape index (κ1) is 37.3. The normalized spacial score (nSPS) is 11.4. The number of hydrogen-bond acceptors (Lipinski definition) is 2. The van der Waals surface area contributed by atoms with Crippen molar-refractivity contribution < 1.29 is 4.42 Å². The van der Waals surface area contributed by atoms with Crippen LogP contribution in [0.15, 0.2) is 253 Å². The highest BCUT2D eigenvalue weighted by atomic mass is 16.3. The summed E-state index contributed by atoms with van der Waals surface area (Å²) in [6.07, 6.45) is 0. The van der Waals surface area contributed by atoms with Gasteiger partial charge in [-0.2, -0.15) is 0 Å². The first-order valence-corrected chi connectivity index (χ1v) is 21.9. The van der Waals surface area contributed by atoms with Crippen molar-refractivity contribution in [1.29, 1.82) is 0 Å². The van der Waals surface area contributed by atoms with E-state index >= 15 is 0 Å². The average Bonchev–Trinajstić information content (AvgIpc) is 3.76. The lowest BCUT2D eigenvalue weighted by Crippen LogP contribution is -2.11. The molecule has 0 fully saturated rings. The highest BCUT2D eigenvalue weighted by Crippen LogP contribution is 2.45. The number of anilines is 3. The molecule has 0 N–H and O–H groups in total. The van der Waals surface area contributed by atoms with E-state index in [-0.39, 0.29) is 0 Å². The Morgan fingerprint density at radius 1 is 0.266 bits per heavy atom. The average molecular weight is 816 g/mol. The molecule has 64 heavy (non-hydrogen) atoms. The smallest absolute Gasteiger partial charge is 0.143 e. The maximum Gasteiger partial charge on any atom is 0.143 e. The number of hydrogen-bond donors (Lipinski definition) is 0. The molecule has 0 radical (unpaired) electrons. The fourth-order valence-electron chi connectivity index (χ4n) is 9.55. The van der Waals surface area contributed by atoms with E-state index in [2.05, 4.69) is 248 Å². The van der Waals surface area contributed by atoms with Crippen molar-refractivity contribution in [2.75, 3.05) is 4.90 Å². The predicted octanol–water partition coefficient (Wildman–Crippen LogP) is 17.7. The molecular formula is C62H41NO. The zero-order valence-corrected chi connectivity index (χ0v) is 35.0. The van der Waals surface area contributed by atoms with Gasteiger partial charge in [0.25, 0.3) is 0 Å². The molecule has 0 aliphatic rings. The Morgan fingerprint density at radius 3 is 1.39 bits per heavy atom. The number of rotatable bonds is 8. The van der Waals surface area contributed by atoms with Crippen molar-refractivity contribution in [3.8, 4) is 55.6 Å². The lowest BCUT2D eigenvalue weighted by molar-refractivity contribution is 0.670. The molecule has 0 spiro atoms. The zero-order valence-electron chi connectivity index (χ0n) is 35.0. The molecule has 12 aromatic rings. The van der Waals surface area contributed by atoms with E-state index in [0.717, 1.165) is 61.3 Å².